The molecule has 0 aliphatic carbocycles. The fourth-order valence-electron chi connectivity index (χ4n) is 4.05. The molecule has 1 unspecified atom stereocenters. The molecular weight excluding hydrogens is 392 g/mol. The Morgan fingerprint density at radius 1 is 1.00 bits per heavy atom. The summed E-state index contributed by atoms with van der Waals surface area (Å²) in [5.41, 5.74) is 2.07. The normalized spacial score (nSPS) is 15.4. The number of amides is 1. The molecule has 0 saturated heterocycles. The number of pyridine rings is 1. The molecule has 154 valence electrons. The van der Waals surface area contributed by atoms with Crippen molar-refractivity contribution in [3.8, 4) is 5.75 Å². The summed E-state index contributed by atoms with van der Waals surface area (Å²) < 4.78 is 11.5. The number of fused-ring (bicyclic) bond motifs is 2. The van der Waals surface area contributed by atoms with Gasteiger partial charge in [0.1, 0.15) is 17.2 Å². The van der Waals surface area contributed by atoms with Gasteiger partial charge in [-0.25, -0.2) is 4.98 Å². The predicted octanol–water partition coefficient (Wildman–Crippen LogP) is 4.64. The second-order valence-corrected chi connectivity index (χ2v) is 7.39. The number of aryl methyl sites for hydroxylation is 1. The van der Waals surface area contributed by atoms with Gasteiger partial charge in [0.25, 0.3) is 5.91 Å². The first kappa shape index (κ1) is 19.1. The molecule has 1 amide bonds. The molecule has 31 heavy (non-hydrogen) atoms. The summed E-state index contributed by atoms with van der Waals surface area (Å²) in [4.78, 5) is 33.1. The number of benzene rings is 2. The molecule has 0 N–H and O–H groups in total. The first-order chi connectivity index (χ1) is 15.1. The SMILES string of the molecule is CCOc1ccc(C2c3c(oc4ccccc4c3=O)C(=O)N2c2cccc(C)n2)cc1. The highest BCUT2D eigenvalue weighted by Crippen LogP contribution is 2.40. The number of anilines is 1. The van der Waals surface area contributed by atoms with E-state index in [1.807, 2.05) is 50.2 Å². The molecule has 5 rings (SSSR count). The monoisotopic (exact) mass is 412 g/mol. The van der Waals surface area contributed by atoms with Gasteiger partial charge in [-0.05, 0) is 55.8 Å². The first-order valence-electron chi connectivity index (χ1n) is 10.1. The van der Waals surface area contributed by atoms with Gasteiger partial charge in [-0.3, -0.25) is 14.5 Å². The summed E-state index contributed by atoms with van der Waals surface area (Å²) in [6.07, 6.45) is 0. The van der Waals surface area contributed by atoms with Gasteiger partial charge in [0.2, 0.25) is 5.76 Å². The van der Waals surface area contributed by atoms with Gasteiger partial charge < -0.3 is 9.15 Å². The van der Waals surface area contributed by atoms with Crippen molar-refractivity contribution in [3.63, 3.8) is 0 Å². The fourth-order valence-corrected chi connectivity index (χ4v) is 4.05. The Bertz CT molecular complexity index is 1360. The predicted molar refractivity (Wildman–Crippen MR) is 118 cm³/mol. The van der Waals surface area contributed by atoms with Crippen molar-refractivity contribution in [1.29, 1.82) is 0 Å². The van der Waals surface area contributed by atoms with Crippen LogP contribution in [-0.2, 0) is 0 Å². The minimum atomic E-state index is -0.645. The van der Waals surface area contributed by atoms with Crippen LogP contribution in [0.1, 0.15) is 40.3 Å². The zero-order valence-corrected chi connectivity index (χ0v) is 17.2. The topological polar surface area (TPSA) is 72.6 Å². The quantitative estimate of drug-likeness (QED) is 0.488. The van der Waals surface area contributed by atoms with Crippen LogP contribution >= 0.6 is 0 Å². The van der Waals surface area contributed by atoms with E-state index in [0.717, 1.165) is 17.0 Å². The van der Waals surface area contributed by atoms with Gasteiger partial charge in [0.15, 0.2) is 5.43 Å². The average molecular weight is 412 g/mol. The molecule has 1 aliphatic rings. The van der Waals surface area contributed by atoms with Crippen LogP contribution in [0, 0.1) is 6.92 Å². The molecule has 1 atom stereocenters. The number of aromatic nitrogens is 1. The van der Waals surface area contributed by atoms with E-state index in [1.54, 1.807) is 30.3 Å². The molecule has 0 bridgehead atoms. The summed E-state index contributed by atoms with van der Waals surface area (Å²) in [6.45, 7) is 4.33. The Labute approximate surface area is 178 Å². The van der Waals surface area contributed by atoms with E-state index in [-0.39, 0.29) is 17.1 Å². The summed E-state index contributed by atoms with van der Waals surface area (Å²) in [5, 5.41) is 0.448. The van der Waals surface area contributed by atoms with Crippen LogP contribution in [-0.4, -0.2) is 17.5 Å². The second kappa shape index (κ2) is 7.40. The molecule has 6 heteroatoms. The van der Waals surface area contributed by atoms with Crippen molar-refractivity contribution < 1.29 is 13.9 Å². The van der Waals surface area contributed by atoms with E-state index in [0.29, 0.717) is 29.0 Å². The molecule has 0 radical (unpaired) electrons. The molecule has 6 nitrogen and oxygen atoms in total. The van der Waals surface area contributed by atoms with Crippen LogP contribution in [0.25, 0.3) is 11.0 Å². The van der Waals surface area contributed by atoms with E-state index in [2.05, 4.69) is 4.98 Å². The zero-order chi connectivity index (χ0) is 21.5. The van der Waals surface area contributed by atoms with Crippen LogP contribution in [0.2, 0.25) is 0 Å². The maximum Gasteiger partial charge on any atom is 0.296 e. The van der Waals surface area contributed by atoms with Gasteiger partial charge in [-0.15, -0.1) is 0 Å². The largest absolute Gasteiger partial charge is 0.494 e. The molecule has 3 heterocycles. The number of ether oxygens (including phenoxy) is 1. The van der Waals surface area contributed by atoms with E-state index < -0.39 is 6.04 Å². The van der Waals surface area contributed by atoms with Gasteiger partial charge in [0, 0.05) is 5.69 Å². The first-order valence-corrected chi connectivity index (χ1v) is 10.1. The third-order valence-electron chi connectivity index (χ3n) is 5.40. The number of rotatable bonds is 4. The maximum atomic E-state index is 13.5. The van der Waals surface area contributed by atoms with Gasteiger partial charge >= 0.3 is 0 Å². The summed E-state index contributed by atoms with van der Waals surface area (Å²) in [6, 6.07) is 19.2. The Balaban J connectivity index is 1.76. The van der Waals surface area contributed by atoms with Gasteiger partial charge in [0.05, 0.1) is 23.6 Å². The molecule has 1 aliphatic heterocycles. The molecule has 2 aromatic heterocycles. The molecule has 2 aromatic carbocycles. The Kier molecular flexibility index (Phi) is 4.55. The highest BCUT2D eigenvalue weighted by molar-refractivity contribution is 6.10. The van der Waals surface area contributed by atoms with Crippen molar-refractivity contribution in [1.82, 2.24) is 4.98 Å². The zero-order valence-electron chi connectivity index (χ0n) is 17.2. The number of hydrogen-bond acceptors (Lipinski definition) is 5. The summed E-state index contributed by atoms with van der Waals surface area (Å²) in [5.74, 6) is 0.876. The van der Waals surface area contributed by atoms with E-state index >= 15 is 0 Å². The van der Waals surface area contributed by atoms with Crippen LogP contribution in [0.5, 0.6) is 5.75 Å². The van der Waals surface area contributed by atoms with Crippen LogP contribution < -0.4 is 15.1 Å². The minimum absolute atomic E-state index is 0.0610. The average Bonchev–Trinajstić information content (AvgIpc) is 3.07. The number of carbonyl (C=O) groups is 1. The third kappa shape index (κ3) is 3.08. The summed E-state index contributed by atoms with van der Waals surface area (Å²) in [7, 11) is 0. The maximum absolute atomic E-state index is 13.5. The van der Waals surface area contributed by atoms with Crippen molar-refractivity contribution >= 4 is 22.7 Å². The highest BCUT2D eigenvalue weighted by atomic mass is 16.5. The highest BCUT2D eigenvalue weighted by Gasteiger charge is 2.44. The fraction of sp³-hybridized carbons (Fsp3) is 0.160. The molecule has 0 spiro atoms. The number of carbonyl (C=O) groups excluding carboxylic acids is 1. The number of hydrogen-bond donors (Lipinski definition) is 0. The Morgan fingerprint density at radius 3 is 2.52 bits per heavy atom. The lowest BCUT2D eigenvalue weighted by atomic mass is 9.98. The molecule has 0 saturated carbocycles. The summed E-state index contributed by atoms with van der Waals surface area (Å²) >= 11 is 0. The minimum Gasteiger partial charge on any atom is -0.494 e. The lowest BCUT2D eigenvalue weighted by molar-refractivity contribution is 0.0970. The van der Waals surface area contributed by atoms with Gasteiger partial charge in [-0.2, -0.15) is 0 Å². The third-order valence-corrected chi connectivity index (χ3v) is 5.40. The van der Waals surface area contributed by atoms with Crippen molar-refractivity contribution in [2.24, 2.45) is 0 Å². The van der Waals surface area contributed by atoms with Gasteiger partial charge in [-0.1, -0.05) is 30.3 Å². The molecular formula is C25H20N2O4. The van der Waals surface area contributed by atoms with Crippen molar-refractivity contribution in [2.45, 2.75) is 19.9 Å². The standard InChI is InChI=1S/C25H20N2O4/c1-3-30-17-13-11-16(12-14-17)22-21-23(28)18-8-4-5-9-19(18)31-24(21)25(29)27(22)20-10-6-7-15(2)26-20/h4-14,22H,3H2,1-2H3. The van der Waals surface area contributed by atoms with E-state index in [1.165, 1.54) is 4.90 Å². The Hall–Kier alpha value is -3.93. The van der Waals surface area contributed by atoms with Crippen molar-refractivity contribution in [2.75, 3.05) is 11.5 Å². The van der Waals surface area contributed by atoms with Crippen LogP contribution in [0.4, 0.5) is 5.82 Å². The van der Waals surface area contributed by atoms with Crippen LogP contribution in [0.3, 0.4) is 0 Å². The number of nitrogens with zero attached hydrogens (tertiary/aromatic N) is 2. The Morgan fingerprint density at radius 2 is 1.77 bits per heavy atom. The molecule has 4 aromatic rings. The van der Waals surface area contributed by atoms with E-state index in [9.17, 15) is 9.59 Å². The van der Waals surface area contributed by atoms with E-state index in [4.69, 9.17) is 9.15 Å². The second-order valence-electron chi connectivity index (χ2n) is 7.39. The number of para-hydroxylation sites is 1. The lowest BCUT2D eigenvalue weighted by Gasteiger charge is -2.24. The lowest BCUT2D eigenvalue weighted by Crippen LogP contribution is -2.30. The molecule has 0 fully saturated rings. The van der Waals surface area contributed by atoms with Crippen molar-refractivity contribution in [3.05, 3.63) is 99.5 Å². The smallest absolute Gasteiger partial charge is 0.296 e. The van der Waals surface area contributed by atoms with Crippen LogP contribution in [0.15, 0.2) is 75.9 Å².